The lowest BCUT2D eigenvalue weighted by Gasteiger charge is -2.09. The van der Waals surface area contributed by atoms with Crippen molar-refractivity contribution in [3.63, 3.8) is 0 Å². The molecule has 0 atom stereocenters. The third kappa shape index (κ3) is 4.68. The molecule has 0 spiro atoms. The number of nitrogens with two attached hydrogens (primary N) is 1. The Hall–Kier alpha value is -3.26. The Balaban J connectivity index is 1.73. The molecule has 8 nitrogen and oxygen atoms in total. The first-order valence-corrected chi connectivity index (χ1v) is 8.69. The highest BCUT2D eigenvalue weighted by Crippen LogP contribution is 2.34. The van der Waals surface area contributed by atoms with Crippen LogP contribution in [0.2, 0.25) is 0 Å². The average Bonchev–Trinajstić information content (AvgIpc) is 3.22. The molecule has 0 radical (unpaired) electrons. The van der Waals surface area contributed by atoms with Gasteiger partial charge in [0.2, 0.25) is 0 Å². The van der Waals surface area contributed by atoms with Gasteiger partial charge in [0.25, 0.3) is 5.91 Å². The quantitative estimate of drug-likeness (QED) is 0.534. The van der Waals surface area contributed by atoms with Gasteiger partial charge in [-0.3, -0.25) is 4.79 Å². The Labute approximate surface area is 157 Å². The molecule has 8 heteroatoms. The SMILES string of the molecule is CN(C)CCNC(=O)c1c[nH]c(C=C2CNc3ccc(NC(N)=O)cc32)c1. The number of amides is 3. The summed E-state index contributed by atoms with van der Waals surface area (Å²) in [6, 6.07) is 6.80. The van der Waals surface area contributed by atoms with Crippen LogP contribution in [0.4, 0.5) is 16.2 Å². The van der Waals surface area contributed by atoms with Crippen LogP contribution in [0, 0.1) is 0 Å². The van der Waals surface area contributed by atoms with Crippen LogP contribution in [-0.2, 0) is 0 Å². The molecule has 0 saturated heterocycles. The minimum Gasteiger partial charge on any atom is -0.380 e. The normalized spacial score (nSPS) is 14.1. The number of urea groups is 1. The first-order valence-electron chi connectivity index (χ1n) is 8.69. The molecule has 1 aliphatic heterocycles. The lowest BCUT2D eigenvalue weighted by Crippen LogP contribution is -2.31. The van der Waals surface area contributed by atoms with Crippen LogP contribution < -0.4 is 21.7 Å². The van der Waals surface area contributed by atoms with Gasteiger partial charge < -0.3 is 31.6 Å². The molecule has 0 fully saturated rings. The molecule has 6 N–H and O–H groups in total. The standard InChI is InChI=1S/C19H24N6O2/c1-25(2)6-5-21-18(26)13-8-15(22-11-13)7-12-10-23-17-4-3-14(9-16(12)17)24-19(20)27/h3-4,7-9,11,22-23H,5-6,10H2,1-2H3,(H,21,26)(H3,20,24,27). The van der Waals surface area contributed by atoms with Crippen molar-refractivity contribution in [2.75, 3.05) is 44.4 Å². The molecular formula is C19H24N6O2. The average molecular weight is 368 g/mol. The molecule has 27 heavy (non-hydrogen) atoms. The number of primary amides is 1. The van der Waals surface area contributed by atoms with E-state index in [1.807, 2.05) is 43.3 Å². The molecular weight excluding hydrogens is 344 g/mol. The summed E-state index contributed by atoms with van der Waals surface area (Å²) in [4.78, 5) is 28.4. The second kappa shape index (κ2) is 7.96. The zero-order valence-corrected chi connectivity index (χ0v) is 15.4. The minimum absolute atomic E-state index is 0.101. The highest BCUT2D eigenvalue weighted by atomic mass is 16.2. The van der Waals surface area contributed by atoms with E-state index in [1.54, 1.807) is 12.3 Å². The second-order valence-corrected chi connectivity index (χ2v) is 6.68. The zero-order chi connectivity index (χ0) is 19.4. The van der Waals surface area contributed by atoms with Crippen LogP contribution in [0.1, 0.15) is 21.6 Å². The smallest absolute Gasteiger partial charge is 0.316 e. The fraction of sp³-hybridized carbons (Fsp3) is 0.263. The number of aromatic nitrogens is 1. The first kappa shape index (κ1) is 18.5. The van der Waals surface area contributed by atoms with Crippen molar-refractivity contribution >= 4 is 35.0 Å². The number of anilines is 2. The fourth-order valence-electron chi connectivity index (χ4n) is 2.91. The van der Waals surface area contributed by atoms with Crippen molar-refractivity contribution in [3.05, 3.63) is 47.3 Å². The number of fused-ring (bicyclic) bond motifs is 1. The maximum Gasteiger partial charge on any atom is 0.316 e. The van der Waals surface area contributed by atoms with Crippen molar-refractivity contribution < 1.29 is 9.59 Å². The summed E-state index contributed by atoms with van der Waals surface area (Å²) in [6.07, 6.45) is 3.69. The maximum absolute atomic E-state index is 12.2. The molecule has 3 rings (SSSR count). The van der Waals surface area contributed by atoms with Crippen molar-refractivity contribution in [2.24, 2.45) is 5.73 Å². The van der Waals surface area contributed by atoms with Crippen LogP contribution in [0.5, 0.6) is 0 Å². The van der Waals surface area contributed by atoms with Gasteiger partial charge in [-0.2, -0.15) is 0 Å². The number of benzene rings is 1. The topological polar surface area (TPSA) is 115 Å². The predicted octanol–water partition coefficient (Wildman–Crippen LogP) is 1.76. The number of likely N-dealkylation sites (N-methyl/N-ethyl adjacent to an activating group) is 1. The van der Waals surface area contributed by atoms with Gasteiger partial charge in [0.1, 0.15) is 0 Å². The summed E-state index contributed by atoms with van der Waals surface area (Å²) in [5.74, 6) is -0.101. The third-order valence-electron chi connectivity index (χ3n) is 4.24. The molecule has 0 saturated carbocycles. The molecule has 0 unspecified atom stereocenters. The number of carbonyl (C=O) groups excluding carboxylic acids is 2. The molecule has 1 aromatic heterocycles. The summed E-state index contributed by atoms with van der Waals surface area (Å²) in [5.41, 5.74) is 10.3. The van der Waals surface area contributed by atoms with Gasteiger partial charge in [-0.15, -0.1) is 0 Å². The van der Waals surface area contributed by atoms with Crippen LogP contribution in [0.15, 0.2) is 30.5 Å². The third-order valence-corrected chi connectivity index (χ3v) is 4.24. The minimum atomic E-state index is -0.597. The zero-order valence-electron chi connectivity index (χ0n) is 15.4. The van der Waals surface area contributed by atoms with E-state index >= 15 is 0 Å². The Morgan fingerprint density at radius 3 is 2.85 bits per heavy atom. The summed E-state index contributed by atoms with van der Waals surface area (Å²) < 4.78 is 0. The van der Waals surface area contributed by atoms with Crippen molar-refractivity contribution in [3.8, 4) is 0 Å². The van der Waals surface area contributed by atoms with E-state index in [9.17, 15) is 9.59 Å². The number of hydrogen-bond donors (Lipinski definition) is 5. The van der Waals surface area contributed by atoms with Crippen molar-refractivity contribution in [1.82, 2.24) is 15.2 Å². The second-order valence-electron chi connectivity index (χ2n) is 6.68. The van der Waals surface area contributed by atoms with Crippen LogP contribution in [-0.4, -0.2) is 55.6 Å². The first-order chi connectivity index (χ1) is 12.9. The number of aromatic amines is 1. The van der Waals surface area contributed by atoms with E-state index in [-0.39, 0.29) is 5.91 Å². The van der Waals surface area contributed by atoms with Crippen LogP contribution in [0.25, 0.3) is 11.6 Å². The summed E-state index contributed by atoms with van der Waals surface area (Å²) in [6.45, 7) is 2.05. The largest absolute Gasteiger partial charge is 0.380 e. The fourth-order valence-corrected chi connectivity index (χ4v) is 2.91. The molecule has 3 amide bonds. The monoisotopic (exact) mass is 368 g/mol. The highest BCUT2D eigenvalue weighted by Gasteiger charge is 2.17. The van der Waals surface area contributed by atoms with Crippen LogP contribution >= 0.6 is 0 Å². The Morgan fingerprint density at radius 1 is 1.30 bits per heavy atom. The van der Waals surface area contributed by atoms with E-state index < -0.39 is 6.03 Å². The van der Waals surface area contributed by atoms with E-state index in [4.69, 9.17) is 5.73 Å². The summed E-state index contributed by atoms with van der Waals surface area (Å²) >= 11 is 0. The number of carbonyl (C=O) groups is 2. The Bertz CT molecular complexity index is 884. The molecule has 1 aliphatic rings. The highest BCUT2D eigenvalue weighted by molar-refractivity contribution is 5.98. The molecule has 1 aromatic carbocycles. The van der Waals surface area contributed by atoms with Gasteiger partial charge >= 0.3 is 6.03 Å². The van der Waals surface area contributed by atoms with Crippen molar-refractivity contribution in [1.29, 1.82) is 0 Å². The lowest BCUT2D eigenvalue weighted by atomic mass is 10.1. The molecule has 0 bridgehead atoms. The van der Waals surface area contributed by atoms with Crippen molar-refractivity contribution in [2.45, 2.75) is 0 Å². The van der Waals surface area contributed by atoms with E-state index in [1.165, 1.54) is 0 Å². The summed E-state index contributed by atoms with van der Waals surface area (Å²) in [5, 5.41) is 8.79. The Kier molecular flexibility index (Phi) is 5.46. The van der Waals surface area contributed by atoms with Gasteiger partial charge in [-0.25, -0.2) is 4.79 Å². The van der Waals surface area contributed by atoms with E-state index in [0.717, 1.165) is 29.1 Å². The van der Waals surface area contributed by atoms with Gasteiger partial charge in [0, 0.05) is 48.5 Å². The Morgan fingerprint density at radius 2 is 2.11 bits per heavy atom. The molecule has 2 aromatic rings. The maximum atomic E-state index is 12.2. The number of hydrogen-bond acceptors (Lipinski definition) is 4. The molecule has 142 valence electrons. The van der Waals surface area contributed by atoms with Crippen LogP contribution in [0.3, 0.4) is 0 Å². The predicted molar refractivity (Wildman–Crippen MR) is 108 cm³/mol. The number of rotatable bonds is 6. The van der Waals surface area contributed by atoms with E-state index in [2.05, 4.69) is 20.9 Å². The molecule has 2 heterocycles. The molecule has 0 aliphatic carbocycles. The van der Waals surface area contributed by atoms with Gasteiger partial charge in [0.15, 0.2) is 0 Å². The number of nitrogens with one attached hydrogen (secondary N) is 4. The number of H-pyrrole nitrogens is 1. The van der Waals surface area contributed by atoms with Gasteiger partial charge in [-0.05, 0) is 50.0 Å². The lowest BCUT2D eigenvalue weighted by molar-refractivity contribution is 0.0951. The van der Waals surface area contributed by atoms with E-state index in [0.29, 0.717) is 24.3 Å². The van der Waals surface area contributed by atoms with Gasteiger partial charge in [-0.1, -0.05) is 0 Å². The number of nitrogens with zero attached hydrogens (tertiary/aromatic N) is 1. The summed E-state index contributed by atoms with van der Waals surface area (Å²) in [7, 11) is 3.93. The van der Waals surface area contributed by atoms with Gasteiger partial charge in [0.05, 0.1) is 5.56 Å².